The zero-order chi connectivity index (χ0) is 14.1. The van der Waals surface area contributed by atoms with Gasteiger partial charge in [0.25, 0.3) is 0 Å². The van der Waals surface area contributed by atoms with Crippen molar-refractivity contribution in [2.24, 2.45) is 0 Å². The van der Waals surface area contributed by atoms with Gasteiger partial charge in [0.15, 0.2) is 0 Å². The second-order valence-corrected chi connectivity index (χ2v) is 5.06. The molecule has 0 radical (unpaired) electrons. The summed E-state index contributed by atoms with van der Waals surface area (Å²) in [5.74, 6) is 1.64. The van der Waals surface area contributed by atoms with E-state index in [0.717, 1.165) is 15.7 Å². The number of halogens is 1. The zero-order valence-corrected chi connectivity index (χ0v) is 12.6. The molecule has 3 rings (SSSR count). The van der Waals surface area contributed by atoms with Gasteiger partial charge in [0, 0.05) is 16.2 Å². The first-order valence-electron chi connectivity index (χ1n) is 5.95. The van der Waals surface area contributed by atoms with Crippen LogP contribution in [0, 0.1) is 0 Å². The summed E-state index contributed by atoms with van der Waals surface area (Å²) in [6, 6.07) is 9.67. The zero-order valence-electron chi connectivity index (χ0n) is 11.0. The third-order valence-electron chi connectivity index (χ3n) is 2.94. The molecule has 102 valence electrons. The van der Waals surface area contributed by atoms with Crippen molar-refractivity contribution in [3.8, 4) is 23.0 Å². The lowest BCUT2D eigenvalue weighted by atomic mass is 10.2. The highest BCUT2D eigenvalue weighted by atomic mass is 79.9. The fraction of sp³-hybridized carbons (Fsp3) is 0.143. The van der Waals surface area contributed by atoms with Crippen LogP contribution in [-0.2, 0) is 0 Å². The van der Waals surface area contributed by atoms with Gasteiger partial charge in [0.1, 0.15) is 0 Å². The van der Waals surface area contributed by atoms with E-state index in [2.05, 4.69) is 25.9 Å². The van der Waals surface area contributed by atoms with Gasteiger partial charge in [-0.25, -0.2) is 4.98 Å². The van der Waals surface area contributed by atoms with Crippen LogP contribution in [0.1, 0.15) is 0 Å². The maximum Gasteiger partial charge on any atom is 0.240 e. The van der Waals surface area contributed by atoms with Crippen LogP contribution in [0.3, 0.4) is 0 Å². The first kappa shape index (κ1) is 12.9. The first-order valence-corrected chi connectivity index (χ1v) is 6.74. The van der Waals surface area contributed by atoms with Crippen molar-refractivity contribution in [1.82, 2.24) is 14.4 Å². The predicted molar refractivity (Wildman–Crippen MR) is 79.2 cm³/mol. The third kappa shape index (κ3) is 2.22. The number of benzene rings is 1. The van der Waals surface area contributed by atoms with E-state index in [9.17, 15) is 0 Å². The second-order valence-electron chi connectivity index (χ2n) is 4.14. The summed E-state index contributed by atoms with van der Waals surface area (Å²) in [7, 11) is 3.17. The number of ether oxygens (including phenoxy) is 2. The highest BCUT2D eigenvalue weighted by Crippen LogP contribution is 2.25. The summed E-state index contributed by atoms with van der Waals surface area (Å²) in [6.07, 6.45) is 1.89. The van der Waals surface area contributed by atoms with Crippen LogP contribution in [0.5, 0.6) is 11.8 Å². The highest BCUT2D eigenvalue weighted by molar-refractivity contribution is 9.10. The van der Waals surface area contributed by atoms with Crippen LogP contribution in [0.15, 0.2) is 41.0 Å². The molecule has 0 spiro atoms. The summed E-state index contributed by atoms with van der Waals surface area (Å²) in [5, 5.41) is 0. The summed E-state index contributed by atoms with van der Waals surface area (Å²) >= 11 is 3.42. The predicted octanol–water partition coefficient (Wildman–Crippen LogP) is 3.18. The molecule has 3 aromatic rings. The summed E-state index contributed by atoms with van der Waals surface area (Å²) in [4.78, 5) is 8.81. The quantitative estimate of drug-likeness (QED) is 0.738. The van der Waals surface area contributed by atoms with E-state index in [1.807, 2.05) is 30.5 Å². The number of rotatable bonds is 3. The Kier molecular flexibility index (Phi) is 3.31. The normalized spacial score (nSPS) is 10.8. The van der Waals surface area contributed by atoms with Gasteiger partial charge >= 0.3 is 0 Å². The van der Waals surface area contributed by atoms with Crippen molar-refractivity contribution in [3.63, 3.8) is 0 Å². The molecule has 0 unspecified atom stereocenters. The molecule has 0 aliphatic rings. The molecule has 2 aromatic heterocycles. The molecule has 0 saturated heterocycles. The Morgan fingerprint density at radius 3 is 2.45 bits per heavy atom. The molecule has 1 aromatic carbocycles. The number of nitrogens with zero attached hydrogens (tertiary/aromatic N) is 3. The van der Waals surface area contributed by atoms with Crippen LogP contribution in [-0.4, -0.2) is 28.6 Å². The lowest BCUT2D eigenvalue weighted by molar-refractivity contribution is 0.369. The van der Waals surface area contributed by atoms with E-state index in [-0.39, 0.29) is 0 Å². The average molecular weight is 334 g/mol. The number of imidazole rings is 1. The van der Waals surface area contributed by atoms with Crippen LogP contribution >= 0.6 is 15.9 Å². The molecule has 0 bridgehead atoms. The first-order chi connectivity index (χ1) is 9.71. The molecule has 2 heterocycles. The third-order valence-corrected chi connectivity index (χ3v) is 3.47. The van der Waals surface area contributed by atoms with E-state index < -0.39 is 0 Å². The van der Waals surface area contributed by atoms with Crippen LogP contribution in [0.2, 0.25) is 0 Å². The minimum Gasteiger partial charge on any atom is -0.482 e. The molecule has 5 nitrogen and oxygen atoms in total. The molecule has 0 N–H and O–H groups in total. The molecule has 0 aliphatic carbocycles. The van der Waals surface area contributed by atoms with E-state index in [4.69, 9.17) is 9.47 Å². The molecule has 20 heavy (non-hydrogen) atoms. The van der Waals surface area contributed by atoms with Crippen molar-refractivity contribution in [2.45, 2.75) is 0 Å². The number of hydrogen-bond acceptors (Lipinski definition) is 4. The minimum atomic E-state index is 0.474. The van der Waals surface area contributed by atoms with Crippen LogP contribution < -0.4 is 9.47 Å². The number of hydrogen-bond donors (Lipinski definition) is 0. The molecule has 0 atom stereocenters. The second kappa shape index (κ2) is 5.13. The number of fused-ring (bicyclic) bond motifs is 1. The van der Waals surface area contributed by atoms with Gasteiger partial charge in [-0.15, -0.1) is 0 Å². The maximum absolute atomic E-state index is 5.33. The molecular weight excluding hydrogens is 322 g/mol. The number of aromatic nitrogens is 3. The van der Waals surface area contributed by atoms with Crippen molar-refractivity contribution in [3.05, 3.63) is 41.0 Å². The summed E-state index contributed by atoms with van der Waals surface area (Å²) < 4.78 is 13.3. The van der Waals surface area contributed by atoms with Crippen molar-refractivity contribution >= 4 is 21.7 Å². The standard InChI is InChI=1S/C14H12BrN3O2/c1-19-12-7-13(20-2)18-8-11(16-14(18)17-12)9-3-5-10(15)6-4-9/h3-8H,1-2H3. The fourth-order valence-electron chi connectivity index (χ4n) is 1.94. The fourth-order valence-corrected chi connectivity index (χ4v) is 2.20. The Hall–Kier alpha value is -2.08. The Morgan fingerprint density at radius 2 is 1.80 bits per heavy atom. The largest absolute Gasteiger partial charge is 0.482 e. The Bertz CT molecular complexity index is 753. The maximum atomic E-state index is 5.33. The Morgan fingerprint density at radius 1 is 1.05 bits per heavy atom. The summed E-state index contributed by atoms with van der Waals surface area (Å²) in [5.41, 5.74) is 1.84. The van der Waals surface area contributed by atoms with Gasteiger partial charge in [0.2, 0.25) is 17.5 Å². The Balaban J connectivity index is 2.16. The van der Waals surface area contributed by atoms with Gasteiger partial charge in [-0.3, -0.25) is 4.40 Å². The smallest absolute Gasteiger partial charge is 0.240 e. The monoisotopic (exact) mass is 333 g/mol. The van der Waals surface area contributed by atoms with Gasteiger partial charge in [-0.05, 0) is 12.1 Å². The minimum absolute atomic E-state index is 0.474. The van der Waals surface area contributed by atoms with Crippen LogP contribution in [0.4, 0.5) is 0 Å². The topological polar surface area (TPSA) is 48.7 Å². The highest BCUT2D eigenvalue weighted by Gasteiger charge is 2.11. The van der Waals surface area contributed by atoms with E-state index in [1.54, 1.807) is 24.7 Å². The lowest BCUT2D eigenvalue weighted by Gasteiger charge is -2.04. The molecule has 0 fully saturated rings. The summed E-state index contributed by atoms with van der Waals surface area (Å²) in [6.45, 7) is 0. The molecular formula is C14H12BrN3O2. The molecule has 0 amide bonds. The molecule has 0 saturated carbocycles. The average Bonchev–Trinajstić information content (AvgIpc) is 2.90. The number of methoxy groups -OCH3 is 2. The van der Waals surface area contributed by atoms with Gasteiger partial charge in [-0.1, -0.05) is 28.1 Å². The van der Waals surface area contributed by atoms with Crippen molar-refractivity contribution < 1.29 is 9.47 Å². The SMILES string of the molecule is COc1cc(OC)n2cc(-c3ccc(Br)cc3)nc2n1. The van der Waals surface area contributed by atoms with E-state index >= 15 is 0 Å². The van der Waals surface area contributed by atoms with Gasteiger partial charge < -0.3 is 9.47 Å². The lowest BCUT2D eigenvalue weighted by Crippen LogP contribution is -1.97. The van der Waals surface area contributed by atoms with Crippen molar-refractivity contribution in [1.29, 1.82) is 0 Å². The van der Waals surface area contributed by atoms with Gasteiger partial charge in [0.05, 0.1) is 26.0 Å². The molecule has 0 aliphatic heterocycles. The van der Waals surface area contributed by atoms with E-state index in [1.165, 1.54) is 0 Å². The van der Waals surface area contributed by atoms with Gasteiger partial charge in [-0.2, -0.15) is 4.98 Å². The molecule has 6 heteroatoms. The van der Waals surface area contributed by atoms with Crippen molar-refractivity contribution in [2.75, 3.05) is 14.2 Å². The van der Waals surface area contributed by atoms with Crippen LogP contribution in [0.25, 0.3) is 17.0 Å². The van der Waals surface area contributed by atoms with E-state index in [0.29, 0.717) is 17.5 Å². The Labute approximate surface area is 124 Å².